The molecular weight excluding hydrogens is 370 g/mol. The minimum absolute atomic E-state index is 0.0156. The second kappa shape index (κ2) is 8.50. The van der Waals surface area contributed by atoms with Gasteiger partial charge in [0.2, 0.25) is 12.3 Å². The summed E-state index contributed by atoms with van der Waals surface area (Å²) in [5.41, 5.74) is 9.71. The maximum absolute atomic E-state index is 13.0. The van der Waals surface area contributed by atoms with Crippen LogP contribution in [0.1, 0.15) is 17.9 Å². The average molecular weight is 395 g/mol. The molecule has 2 aromatic carbocycles. The number of hydrogen-bond acceptors (Lipinski definition) is 6. The third-order valence-corrected chi connectivity index (χ3v) is 5.47. The van der Waals surface area contributed by atoms with Crippen molar-refractivity contribution in [3.05, 3.63) is 48.0 Å². The van der Waals surface area contributed by atoms with Gasteiger partial charge in [0.25, 0.3) is 0 Å². The zero-order valence-electron chi connectivity index (χ0n) is 16.3. The Bertz CT molecular complexity index is 880. The summed E-state index contributed by atoms with van der Waals surface area (Å²) in [6.45, 7) is 2.46. The molecule has 0 aliphatic carbocycles. The molecule has 0 saturated carbocycles. The Kier molecular flexibility index (Phi) is 5.64. The van der Waals surface area contributed by atoms with Crippen molar-refractivity contribution in [1.82, 2.24) is 10.9 Å². The molecule has 0 bridgehead atoms. The lowest BCUT2D eigenvalue weighted by Crippen LogP contribution is -2.33. The highest BCUT2D eigenvalue weighted by atomic mass is 16.5. The van der Waals surface area contributed by atoms with E-state index in [2.05, 4.69) is 33.6 Å². The number of ether oxygens (including phenoxy) is 1. The minimum Gasteiger partial charge on any atom is -0.497 e. The van der Waals surface area contributed by atoms with Crippen molar-refractivity contribution in [3.63, 3.8) is 0 Å². The number of carbonyl (C=O) groups is 2. The van der Waals surface area contributed by atoms with Crippen molar-refractivity contribution >= 4 is 29.4 Å². The van der Waals surface area contributed by atoms with Crippen LogP contribution < -0.4 is 31.1 Å². The van der Waals surface area contributed by atoms with E-state index in [1.54, 1.807) is 30.2 Å². The Morgan fingerprint density at radius 1 is 1.10 bits per heavy atom. The van der Waals surface area contributed by atoms with Gasteiger partial charge in [0.15, 0.2) is 0 Å². The van der Waals surface area contributed by atoms with Crippen molar-refractivity contribution in [2.75, 3.05) is 42.3 Å². The summed E-state index contributed by atoms with van der Waals surface area (Å²) in [6.07, 6.45) is 1.29. The van der Waals surface area contributed by atoms with Crippen molar-refractivity contribution in [2.45, 2.75) is 18.4 Å². The van der Waals surface area contributed by atoms with E-state index >= 15 is 0 Å². The summed E-state index contributed by atoms with van der Waals surface area (Å²) in [5, 5.41) is 5.92. The number of rotatable bonds is 7. The van der Waals surface area contributed by atoms with Crippen LogP contribution in [0.25, 0.3) is 0 Å². The van der Waals surface area contributed by atoms with Crippen molar-refractivity contribution in [2.24, 2.45) is 0 Å². The first kappa shape index (κ1) is 19.2. The number of hydrogen-bond donors (Lipinski definition) is 4. The highest BCUT2D eigenvalue weighted by Gasteiger charge is 2.33. The van der Waals surface area contributed by atoms with E-state index < -0.39 is 0 Å². The molecule has 8 heteroatoms. The van der Waals surface area contributed by atoms with Crippen molar-refractivity contribution in [3.8, 4) is 5.75 Å². The molecule has 2 fully saturated rings. The second-order valence-corrected chi connectivity index (χ2v) is 7.20. The van der Waals surface area contributed by atoms with Gasteiger partial charge in [-0.1, -0.05) is 12.1 Å². The summed E-state index contributed by atoms with van der Waals surface area (Å²) in [6, 6.07) is 13.1. The molecule has 4 N–H and O–H groups in total. The van der Waals surface area contributed by atoms with Gasteiger partial charge in [-0.05, 0) is 36.2 Å². The second-order valence-electron chi connectivity index (χ2n) is 7.20. The van der Waals surface area contributed by atoms with Gasteiger partial charge >= 0.3 is 0 Å². The van der Waals surface area contributed by atoms with E-state index in [4.69, 9.17) is 4.74 Å². The van der Waals surface area contributed by atoms with E-state index in [1.807, 2.05) is 12.1 Å². The van der Waals surface area contributed by atoms with Crippen LogP contribution in [0.4, 0.5) is 17.1 Å². The monoisotopic (exact) mass is 395 g/mol. The minimum atomic E-state index is -0.364. The third kappa shape index (κ3) is 4.03. The molecule has 2 aromatic rings. The van der Waals surface area contributed by atoms with Crippen LogP contribution in [-0.4, -0.2) is 45.1 Å². The number of anilines is 3. The highest BCUT2D eigenvalue weighted by Crippen LogP contribution is 2.31. The van der Waals surface area contributed by atoms with E-state index in [0.29, 0.717) is 42.4 Å². The Morgan fingerprint density at radius 2 is 1.86 bits per heavy atom. The summed E-state index contributed by atoms with van der Waals surface area (Å²) in [4.78, 5) is 25.7. The van der Waals surface area contributed by atoms with Gasteiger partial charge in [0.1, 0.15) is 11.8 Å². The fraction of sp³-hybridized carbons (Fsp3) is 0.333. The van der Waals surface area contributed by atoms with Gasteiger partial charge in [-0.25, -0.2) is 0 Å². The first-order valence-corrected chi connectivity index (χ1v) is 9.71. The summed E-state index contributed by atoms with van der Waals surface area (Å²) in [5.74, 6) is 1.11. The predicted molar refractivity (Wildman–Crippen MR) is 112 cm³/mol. The zero-order valence-corrected chi connectivity index (χ0v) is 16.3. The van der Waals surface area contributed by atoms with Gasteiger partial charge in [0.05, 0.1) is 18.5 Å². The van der Waals surface area contributed by atoms with Crippen LogP contribution in [-0.2, 0) is 9.59 Å². The van der Waals surface area contributed by atoms with Crippen LogP contribution in [0.3, 0.4) is 0 Å². The summed E-state index contributed by atoms with van der Waals surface area (Å²) >= 11 is 0. The van der Waals surface area contributed by atoms with E-state index in [-0.39, 0.29) is 11.9 Å². The molecule has 8 nitrogen and oxygen atoms in total. The smallest absolute Gasteiger partial charge is 0.249 e. The zero-order chi connectivity index (χ0) is 20.2. The summed E-state index contributed by atoms with van der Waals surface area (Å²) < 4.78 is 5.26. The molecular formula is C21H25N5O3. The number of carbonyl (C=O) groups excluding carboxylic acids is 2. The number of nitrogens with one attached hydrogen (secondary N) is 4. The topological polar surface area (TPSA) is 94.7 Å². The van der Waals surface area contributed by atoms with Gasteiger partial charge in [-0.2, -0.15) is 0 Å². The Labute approximate surface area is 169 Å². The van der Waals surface area contributed by atoms with Gasteiger partial charge in [-0.3, -0.25) is 20.4 Å². The lowest BCUT2D eigenvalue weighted by atomic mass is 10.00. The molecule has 2 amide bonds. The van der Waals surface area contributed by atoms with E-state index in [0.717, 1.165) is 18.8 Å². The van der Waals surface area contributed by atoms with Crippen molar-refractivity contribution < 1.29 is 14.3 Å². The quantitative estimate of drug-likeness (QED) is 0.533. The average Bonchev–Trinajstić information content (AvgIpc) is 3.40. The molecule has 0 radical (unpaired) electrons. The fourth-order valence-corrected chi connectivity index (χ4v) is 3.84. The Morgan fingerprint density at radius 3 is 2.55 bits per heavy atom. The molecule has 152 valence electrons. The Balaban J connectivity index is 1.47. The van der Waals surface area contributed by atoms with Crippen LogP contribution in [0.15, 0.2) is 42.5 Å². The molecule has 0 spiro atoms. The number of amides is 2. The predicted octanol–water partition coefficient (Wildman–Crippen LogP) is 1.67. The summed E-state index contributed by atoms with van der Waals surface area (Å²) in [7, 11) is 1.58. The first-order valence-electron chi connectivity index (χ1n) is 9.71. The maximum Gasteiger partial charge on any atom is 0.249 e. The van der Waals surface area contributed by atoms with Gasteiger partial charge in [0, 0.05) is 37.3 Å². The molecule has 2 saturated heterocycles. The largest absolute Gasteiger partial charge is 0.497 e. The van der Waals surface area contributed by atoms with E-state index in [9.17, 15) is 9.59 Å². The van der Waals surface area contributed by atoms with Crippen LogP contribution in [0.2, 0.25) is 0 Å². The molecule has 2 aliphatic heterocycles. The molecule has 29 heavy (non-hydrogen) atoms. The van der Waals surface area contributed by atoms with Crippen LogP contribution >= 0.6 is 0 Å². The standard InChI is InChI=1S/C21H25N5O3/c1-29-17-6-7-18(22-13-27)20(10-17)25-19-8-9-26(21(19)28)16-4-2-14(3-5-16)15-11-23-24-12-15/h2-7,10,13,15,19,23-25H,8-9,11-12H2,1H3,(H,22,27). The SMILES string of the molecule is COc1ccc(NC=O)c(NC2CCN(c3ccc(C4CNNC4)cc3)C2=O)c1. The molecule has 2 heterocycles. The van der Waals surface area contributed by atoms with Crippen LogP contribution in [0.5, 0.6) is 5.75 Å². The lowest BCUT2D eigenvalue weighted by Gasteiger charge is -2.20. The van der Waals surface area contributed by atoms with Crippen molar-refractivity contribution in [1.29, 1.82) is 0 Å². The molecule has 0 aromatic heterocycles. The highest BCUT2D eigenvalue weighted by molar-refractivity contribution is 6.01. The number of hydrazine groups is 1. The fourth-order valence-electron chi connectivity index (χ4n) is 3.84. The van der Waals surface area contributed by atoms with Gasteiger partial charge < -0.3 is 20.3 Å². The first-order chi connectivity index (χ1) is 14.2. The molecule has 4 rings (SSSR count). The van der Waals surface area contributed by atoms with E-state index in [1.165, 1.54) is 5.56 Å². The van der Waals surface area contributed by atoms with Crippen LogP contribution in [0, 0.1) is 0 Å². The molecule has 2 aliphatic rings. The maximum atomic E-state index is 13.0. The molecule has 1 atom stereocenters. The normalized spacial score (nSPS) is 19.4. The Hall–Kier alpha value is -3.10. The number of methoxy groups -OCH3 is 1. The van der Waals surface area contributed by atoms with Gasteiger partial charge in [-0.15, -0.1) is 0 Å². The molecule has 1 unspecified atom stereocenters. The number of benzene rings is 2. The lowest BCUT2D eigenvalue weighted by molar-refractivity contribution is -0.117. The number of nitrogens with zero attached hydrogens (tertiary/aromatic N) is 1. The third-order valence-electron chi connectivity index (χ3n) is 5.47.